The Hall–Kier alpha value is -1.18. The first kappa shape index (κ1) is 26.9. The molecule has 5 saturated carbocycles. The van der Waals surface area contributed by atoms with Gasteiger partial charge in [-0.1, -0.05) is 131 Å². The van der Waals surface area contributed by atoms with Crippen molar-refractivity contribution in [3.8, 4) is 0 Å². The normalized spacial score (nSPS) is 35.1. The van der Waals surface area contributed by atoms with Crippen molar-refractivity contribution in [2.75, 3.05) is 0 Å². The van der Waals surface area contributed by atoms with Crippen LogP contribution in [0.3, 0.4) is 0 Å². The largest absolute Gasteiger partial charge is 0.360 e. The van der Waals surface area contributed by atoms with Gasteiger partial charge in [-0.3, -0.25) is 4.79 Å². The fourth-order valence-electron chi connectivity index (χ4n) is 7.95. The molecule has 4 heteroatoms. The number of amides is 1. The van der Waals surface area contributed by atoms with E-state index in [1.807, 2.05) is 6.08 Å². The number of carbonyl (C=O) groups excluding carboxylic acids is 1. The van der Waals surface area contributed by atoms with E-state index in [9.17, 15) is 4.79 Å². The molecular weight excluding hydrogens is 424 g/mol. The topological polar surface area (TPSA) is 29.1 Å². The van der Waals surface area contributed by atoms with Crippen LogP contribution >= 0.6 is 0 Å². The Labute approximate surface area is 217 Å². The first-order chi connectivity index (χ1) is 17.1. The lowest BCUT2D eigenvalue weighted by molar-refractivity contribution is -0.188. The van der Waals surface area contributed by atoms with E-state index >= 15 is 0 Å². The molecule has 2 nitrogen and oxygen atoms in total. The molecule has 0 aromatic heterocycles. The van der Waals surface area contributed by atoms with E-state index in [0.717, 1.165) is 5.92 Å². The molecule has 5 aliphatic rings. The summed E-state index contributed by atoms with van der Waals surface area (Å²) in [7, 11) is 4.53. The third-order valence-electron chi connectivity index (χ3n) is 9.76. The highest BCUT2D eigenvalue weighted by molar-refractivity contribution is 6.74. The first-order valence-corrected chi connectivity index (χ1v) is 15.0. The van der Waals surface area contributed by atoms with Crippen LogP contribution in [-0.2, 0) is 0 Å². The summed E-state index contributed by atoms with van der Waals surface area (Å²) in [6.07, 6.45) is 32.1. The maximum absolute atomic E-state index is 12.9. The molecule has 5 rings (SSSR count). The fourth-order valence-corrected chi connectivity index (χ4v) is 7.95. The van der Waals surface area contributed by atoms with Gasteiger partial charge in [0.25, 0.3) is 0 Å². The van der Waals surface area contributed by atoms with Gasteiger partial charge < -0.3 is 5.32 Å². The molecule has 5 fully saturated rings. The number of hydrogen-bond donors (Lipinski definition) is 1. The van der Waals surface area contributed by atoms with Crippen molar-refractivity contribution in [1.82, 2.24) is 5.32 Å². The van der Waals surface area contributed by atoms with Crippen LogP contribution in [0.4, 0.5) is 4.79 Å². The summed E-state index contributed by atoms with van der Waals surface area (Å²) in [6.45, 7) is 6.06. The van der Waals surface area contributed by atoms with Gasteiger partial charge >= 0.3 is 0 Å². The van der Waals surface area contributed by atoms with Gasteiger partial charge in [0, 0.05) is 5.54 Å². The first-order valence-electron chi connectivity index (χ1n) is 15.0. The summed E-state index contributed by atoms with van der Waals surface area (Å²) in [5.74, 6) is 2.31. The van der Waals surface area contributed by atoms with Gasteiger partial charge in [0.05, 0.1) is 0 Å². The third-order valence-corrected chi connectivity index (χ3v) is 9.76. The minimum absolute atomic E-state index is 0.151. The quantitative estimate of drug-likeness (QED) is 0.277. The Bertz CT molecular complexity index is 732. The summed E-state index contributed by atoms with van der Waals surface area (Å²) in [4.78, 5) is 12.9. The second kappa shape index (κ2) is 12.9. The highest BCUT2D eigenvalue weighted by Gasteiger charge is 2.70. The molecule has 0 spiro atoms. The van der Waals surface area contributed by atoms with Crippen LogP contribution in [0, 0.1) is 11.3 Å². The van der Waals surface area contributed by atoms with Crippen LogP contribution in [0.15, 0.2) is 36.4 Å². The lowest BCUT2D eigenvalue weighted by Gasteiger charge is -2.74. The summed E-state index contributed by atoms with van der Waals surface area (Å²) < 4.78 is 0. The van der Waals surface area contributed by atoms with Crippen LogP contribution in [0.25, 0.3) is 0 Å². The highest BCUT2D eigenvalue weighted by Crippen LogP contribution is 2.72. The van der Waals surface area contributed by atoms with Crippen molar-refractivity contribution in [3.05, 3.63) is 36.4 Å². The lowest BCUT2D eigenvalue weighted by atomic mass is 9.34. The zero-order valence-electron chi connectivity index (χ0n) is 22.5. The van der Waals surface area contributed by atoms with Crippen LogP contribution in [0.5, 0.6) is 0 Å². The smallest absolute Gasteiger partial charge is 0.236 e. The van der Waals surface area contributed by atoms with Crippen LogP contribution in [0.1, 0.15) is 122 Å². The average molecular weight is 473 g/mol. The summed E-state index contributed by atoms with van der Waals surface area (Å²) in [5, 5.41) is 3.49. The zero-order chi connectivity index (χ0) is 24.6. The Kier molecular flexibility index (Phi) is 9.88. The molecule has 35 heavy (non-hydrogen) atoms. The molecule has 0 saturated heterocycles. The van der Waals surface area contributed by atoms with Gasteiger partial charge in [0.1, 0.15) is 0 Å². The van der Waals surface area contributed by atoms with Crippen molar-refractivity contribution in [3.63, 3.8) is 0 Å². The van der Waals surface area contributed by atoms with Crippen molar-refractivity contribution in [1.29, 1.82) is 0 Å². The highest BCUT2D eigenvalue weighted by atomic mass is 16.1. The second-order valence-electron chi connectivity index (χ2n) is 12.5. The van der Waals surface area contributed by atoms with Gasteiger partial charge in [-0.25, -0.2) is 0 Å². The molecule has 5 aliphatic carbocycles. The standard InChI is InChI=1S/C31H49B2NO/c1-3-5-17-26(4-2)32-27-20-13-15-25(16-14-21-27)30-22-31(23-30,24-30)34-29(35)33-28-18-11-9-7-6-8-10-12-19-28/h3-5,17,25,27-28H,2,6-16,18-24H2,1H3,(H,34,35)/b5-3-,26-17+. The van der Waals surface area contributed by atoms with E-state index in [2.05, 4.69) is 51.6 Å². The minimum atomic E-state index is 0.151. The molecule has 0 aromatic rings. The van der Waals surface area contributed by atoms with Crippen LogP contribution < -0.4 is 5.32 Å². The molecule has 0 unspecified atom stereocenters. The minimum Gasteiger partial charge on any atom is -0.360 e. The van der Waals surface area contributed by atoms with Crippen molar-refractivity contribution in [2.45, 2.75) is 140 Å². The maximum atomic E-state index is 12.9. The summed E-state index contributed by atoms with van der Waals surface area (Å²) in [5.41, 5.74) is 1.97. The number of hydrogen-bond acceptors (Lipinski definition) is 1. The van der Waals surface area contributed by atoms with Gasteiger partial charge in [0.2, 0.25) is 7.28 Å². The molecular formula is C31H49B2NO. The Morgan fingerprint density at radius 3 is 1.91 bits per heavy atom. The van der Waals surface area contributed by atoms with E-state index in [-0.39, 0.29) is 11.3 Å². The van der Waals surface area contributed by atoms with Crippen LogP contribution in [-0.4, -0.2) is 25.9 Å². The SMILES string of the molecule is C=C/C([B]C1CCCC(C23CC(NC(=O)[B]C4CCCCCCCCC4)(C2)C3)CCC1)=C\C=C/C. The maximum Gasteiger partial charge on any atom is 0.236 e. The lowest BCUT2D eigenvalue weighted by Crippen LogP contribution is -2.76. The molecule has 0 heterocycles. The Balaban J connectivity index is 1.18. The average Bonchev–Trinajstić information content (AvgIpc) is 2.78. The molecule has 1 N–H and O–H groups in total. The third kappa shape index (κ3) is 7.20. The number of carbonyl (C=O) groups is 1. The molecule has 0 atom stereocenters. The molecule has 2 bridgehead atoms. The molecule has 190 valence electrons. The molecule has 0 aromatic carbocycles. The van der Waals surface area contributed by atoms with Crippen molar-refractivity contribution < 1.29 is 4.79 Å². The van der Waals surface area contributed by atoms with E-state index in [4.69, 9.17) is 0 Å². The number of nitrogens with one attached hydrogen (secondary N) is 1. The van der Waals surface area contributed by atoms with E-state index < -0.39 is 0 Å². The van der Waals surface area contributed by atoms with E-state index in [1.165, 1.54) is 121 Å². The number of allylic oxidation sites excluding steroid dienone is 5. The summed E-state index contributed by atoms with van der Waals surface area (Å²) in [6, 6.07) is 0. The zero-order valence-corrected chi connectivity index (χ0v) is 22.5. The van der Waals surface area contributed by atoms with Gasteiger partial charge in [-0.2, -0.15) is 0 Å². The van der Waals surface area contributed by atoms with Crippen molar-refractivity contribution in [2.24, 2.45) is 11.3 Å². The number of rotatable bonds is 8. The van der Waals surface area contributed by atoms with Gasteiger partial charge in [0.15, 0.2) is 13.1 Å². The van der Waals surface area contributed by atoms with Crippen molar-refractivity contribution >= 4 is 20.4 Å². The van der Waals surface area contributed by atoms with E-state index in [0.29, 0.717) is 17.0 Å². The van der Waals surface area contributed by atoms with E-state index in [1.54, 1.807) is 0 Å². The fraction of sp³-hybridized carbons (Fsp3) is 0.774. The van der Waals surface area contributed by atoms with Gasteiger partial charge in [-0.15, -0.1) is 0 Å². The van der Waals surface area contributed by atoms with Gasteiger partial charge in [-0.05, 0) is 50.4 Å². The summed E-state index contributed by atoms with van der Waals surface area (Å²) >= 11 is 0. The Morgan fingerprint density at radius 2 is 1.34 bits per heavy atom. The molecule has 2 radical (unpaired) electrons. The molecule has 0 aliphatic heterocycles. The predicted octanol–water partition coefficient (Wildman–Crippen LogP) is 8.75. The van der Waals surface area contributed by atoms with Crippen LogP contribution in [0.2, 0.25) is 11.6 Å². The predicted molar refractivity (Wildman–Crippen MR) is 152 cm³/mol. The second-order valence-corrected chi connectivity index (χ2v) is 12.5. The molecule has 1 amide bonds. The monoisotopic (exact) mass is 473 g/mol. The Morgan fingerprint density at radius 1 is 0.800 bits per heavy atom.